The molecule has 3 aromatic rings. The lowest BCUT2D eigenvalue weighted by molar-refractivity contribution is -0.141. The zero-order chi connectivity index (χ0) is 22.7. The van der Waals surface area contributed by atoms with E-state index in [-0.39, 0.29) is 12.0 Å². The fourth-order valence-electron chi connectivity index (χ4n) is 5.25. The zero-order valence-electron chi connectivity index (χ0n) is 18.1. The molecule has 4 atom stereocenters. The van der Waals surface area contributed by atoms with Crippen LogP contribution in [-0.2, 0) is 6.18 Å². The maximum Gasteiger partial charge on any atom is 0.433 e. The summed E-state index contributed by atoms with van der Waals surface area (Å²) in [6, 6.07) is 9.45. The van der Waals surface area contributed by atoms with E-state index in [4.69, 9.17) is 4.98 Å². The van der Waals surface area contributed by atoms with Gasteiger partial charge in [0.25, 0.3) is 0 Å². The van der Waals surface area contributed by atoms with Gasteiger partial charge in [0, 0.05) is 37.5 Å². The number of hydrogen-bond acceptors (Lipinski definition) is 7. The van der Waals surface area contributed by atoms with Crippen molar-refractivity contribution in [3.63, 3.8) is 0 Å². The SMILES string of the molecule is CC1CCCN1c1nc(N2C[C@@H]3C(CSc4nc5ccccc5s4)[C@@H]3C2)cc(C(F)(F)F)n1. The van der Waals surface area contributed by atoms with Crippen LogP contribution < -0.4 is 9.80 Å². The number of fused-ring (bicyclic) bond motifs is 2. The maximum absolute atomic E-state index is 13.6. The number of alkyl halides is 3. The Morgan fingerprint density at radius 3 is 2.61 bits per heavy atom. The number of thioether (sulfide) groups is 1. The van der Waals surface area contributed by atoms with Crippen LogP contribution in [0, 0.1) is 17.8 Å². The number of rotatable bonds is 5. The first-order valence-electron chi connectivity index (χ1n) is 11.3. The van der Waals surface area contributed by atoms with Crippen molar-refractivity contribution < 1.29 is 13.2 Å². The van der Waals surface area contributed by atoms with Crippen molar-refractivity contribution >= 4 is 45.1 Å². The molecule has 0 N–H and O–H groups in total. The molecule has 0 spiro atoms. The number of piperidine rings is 1. The first-order valence-corrected chi connectivity index (χ1v) is 13.1. The van der Waals surface area contributed by atoms with E-state index in [1.807, 2.05) is 34.9 Å². The van der Waals surface area contributed by atoms with E-state index in [0.717, 1.165) is 47.6 Å². The lowest BCUT2D eigenvalue weighted by Crippen LogP contribution is -2.31. The molecule has 3 aliphatic rings. The molecule has 4 heterocycles. The third kappa shape index (κ3) is 4.05. The van der Waals surface area contributed by atoms with Crippen molar-refractivity contribution in [2.75, 3.05) is 35.2 Å². The van der Waals surface area contributed by atoms with Gasteiger partial charge in [0.1, 0.15) is 5.82 Å². The molecule has 1 saturated carbocycles. The molecule has 2 aliphatic heterocycles. The lowest BCUT2D eigenvalue weighted by atomic mass is 10.2. The van der Waals surface area contributed by atoms with Gasteiger partial charge in [-0.05, 0) is 49.7 Å². The van der Waals surface area contributed by atoms with Crippen LogP contribution in [0.15, 0.2) is 34.7 Å². The van der Waals surface area contributed by atoms with Crippen LogP contribution in [0.4, 0.5) is 24.9 Å². The molecule has 33 heavy (non-hydrogen) atoms. The largest absolute Gasteiger partial charge is 0.433 e. The number of aromatic nitrogens is 3. The Hall–Kier alpha value is -2.07. The highest BCUT2D eigenvalue weighted by molar-refractivity contribution is 8.01. The molecule has 0 radical (unpaired) electrons. The monoisotopic (exact) mass is 491 g/mol. The van der Waals surface area contributed by atoms with Gasteiger partial charge in [-0.1, -0.05) is 23.9 Å². The van der Waals surface area contributed by atoms with Crippen LogP contribution >= 0.6 is 23.1 Å². The van der Waals surface area contributed by atoms with Gasteiger partial charge in [0.2, 0.25) is 5.95 Å². The number of hydrogen-bond donors (Lipinski definition) is 0. The third-order valence-corrected chi connectivity index (χ3v) is 9.49. The van der Waals surface area contributed by atoms with Gasteiger partial charge >= 0.3 is 6.18 Å². The number of nitrogens with zero attached hydrogens (tertiary/aromatic N) is 5. The fourth-order valence-corrected chi connectivity index (χ4v) is 7.65. The molecule has 1 aliphatic carbocycles. The minimum atomic E-state index is -4.48. The molecule has 3 fully saturated rings. The summed E-state index contributed by atoms with van der Waals surface area (Å²) in [5.74, 6) is 3.28. The number of para-hydroxylation sites is 1. The van der Waals surface area contributed by atoms with Crippen molar-refractivity contribution in [2.45, 2.75) is 36.3 Å². The van der Waals surface area contributed by atoms with Gasteiger partial charge in [-0.3, -0.25) is 0 Å². The van der Waals surface area contributed by atoms with Crippen LogP contribution in [0.3, 0.4) is 0 Å². The Kier molecular flexibility index (Phi) is 5.21. The van der Waals surface area contributed by atoms with Crippen molar-refractivity contribution in [3.8, 4) is 0 Å². The van der Waals surface area contributed by atoms with Crippen molar-refractivity contribution in [3.05, 3.63) is 36.0 Å². The van der Waals surface area contributed by atoms with Crippen molar-refractivity contribution in [1.29, 1.82) is 0 Å². The summed E-state index contributed by atoms with van der Waals surface area (Å²) in [6.07, 6.45) is -2.57. The lowest BCUT2D eigenvalue weighted by Gasteiger charge is -2.26. The highest BCUT2D eigenvalue weighted by Gasteiger charge is 2.55. The maximum atomic E-state index is 13.6. The molecule has 2 saturated heterocycles. The predicted octanol–water partition coefficient (Wildman–Crippen LogP) is 5.57. The molecular formula is C23H24F3N5S2. The topological polar surface area (TPSA) is 45.2 Å². The summed E-state index contributed by atoms with van der Waals surface area (Å²) in [6.45, 7) is 4.26. The first-order chi connectivity index (χ1) is 15.9. The van der Waals surface area contributed by atoms with Crippen LogP contribution in [0.2, 0.25) is 0 Å². The second-order valence-corrected chi connectivity index (χ2v) is 11.5. The Morgan fingerprint density at radius 2 is 1.91 bits per heavy atom. The van der Waals surface area contributed by atoms with E-state index in [0.29, 0.717) is 30.1 Å². The summed E-state index contributed by atoms with van der Waals surface area (Å²) in [4.78, 5) is 17.1. The van der Waals surface area contributed by atoms with Crippen molar-refractivity contribution in [2.24, 2.45) is 17.8 Å². The van der Waals surface area contributed by atoms with E-state index < -0.39 is 11.9 Å². The van der Waals surface area contributed by atoms with Gasteiger partial charge in [-0.25, -0.2) is 9.97 Å². The summed E-state index contributed by atoms with van der Waals surface area (Å²) >= 11 is 3.53. The third-order valence-electron chi connectivity index (χ3n) is 7.17. The van der Waals surface area contributed by atoms with Crippen LogP contribution in [-0.4, -0.2) is 46.4 Å². The molecule has 5 nitrogen and oxygen atoms in total. The highest BCUT2D eigenvalue weighted by atomic mass is 32.2. The minimum absolute atomic E-state index is 0.164. The smallest absolute Gasteiger partial charge is 0.356 e. The minimum Gasteiger partial charge on any atom is -0.356 e. The number of halogens is 3. The normalized spacial score (nSPS) is 26.9. The summed E-state index contributed by atoms with van der Waals surface area (Å²) in [5, 5.41) is 0. The van der Waals surface area contributed by atoms with Gasteiger partial charge < -0.3 is 9.80 Å². The Bertz CT molecular complexity index is 1140. The van der Waals surface area contributed by atoms with Crippen LogP contribution in [0.25, 0.3) is 10.2 Å². The quantitative estimate of drug-likeness (QED) is 0.435. The second-order valence-electron chi connectivity index (χ2n) is 9.25. The molecule has 2 aromatic heterocycles. The van der Waals surface area contributed by atoms with E-state index in [2.05, 4.69) is 16.0 Å². The summed E-state index contributed by atoms with van der Waals surface area (Å²) in [7, 11) is 0. The highest BCUT2D eigenvalue weighted by Crippen LogP contribution is 2.54. The molecular weight excluding hydrogens is 467 g/mol. The van der Waals surface area contributed by atoms with E-state index >= 15 is 0 Å². The van der Waals surface area contributed by atoms with E-state index in [9.17, 15) is 13.2 Å². The summed E-state index contributed by atoms with van der Waals surface area (Å²) < 4.78 is 43.0. The Balaban J connectivity index is 1.14. The van der Waals surface area contributed by atoms with Crippen molar-refractivity contribution in [1.82, 2.24) is 15.0 Å². The van der Waals surface area contributed by atoms with Crippen LogP contribution in [0.5, 0.6) is 0 Å². The average Bonchev–Trinajstić information content (AvgIpc) is 3.23. The second kappa shape index (κ2) is 8.01. The number of anilines is 2. The van der Waals surface area contributed by atoms with Gasteiger partial charge in [0.05, 0.1) is 10.2 Å². The molecule has 10 heteroatoms. The molecule has 2 unspecified atom stereocenters. The first kappa shape index (κ1) is 21.5. The zero-order valence-corrected chi connectivity index (χ0v) is 19.8. The Morgan fingerprint density at radius 1 is 1.12 bits per heavy atom. The molecule has 0 amide bonds. The Labute approximate surface area is 198 Å². The molecule has 1 aromatic carbocycles. The summed E-state index contributed by atoms with van der Waals surface area (Å²) in [5.41, 5.74) is 0.199. The molecule has 0 bridgehead atoms. The van der Waals surface area contributed by atoms with Gasteiger partial charge in [0.15, 0.2) is 10.0 Å². The number of benzene rings is 1. The molecule has 6 rings (SSSR count). The average molecular weight is 492 g/mol. The molecule has 174 valence electrons. The predicted molar refractivity (Wildman–Crippen MR) is 126 cm³/mol. The van der Waals surface area contributed by atoms with Gasteiger partial charge in [-0.2, -0.15) is 18.2 Å². The van der Waals surface area contributed by atoms with Gasteiger partial charge in [-0.15, -0.1) is 11.3 Å². The van der Waals surface area contributed by atoms with Crippen LogP contribution in [0.1, 0.15) is 25.5 Å². The number of thiazole rings is 1. The standard InChI is InChI=1S/C23H24F3N5S2/c1-13-5-4-8-31(13)21-28-19(23(24,25)26)9-20(29-21)30-10-14-15(11-30)16(14)12-32-22-27-17-6-2-3-7-18(17)33-22/h2-3,6-7,9,13-16H,4-5,8,10-12H2,1H3/t13?,14-,15+,16?. The van der Waals surface area contributed by atoms with E-state index in [1.165, 1.54) is 4.70 Å². The van der Waals surface area contributed by atoms with E-state index in [1.54, 1.807) is 23.1 Å². The fraction of sp³-hybridized carbons (Fsp3) is 0.522.